The predicted molar refractivity (Wildman–Crippen MR) is 110 cm³/mol. The van der Waals surface area contributed by atoms with Gasteiger partial charge in [0.15, 0.2) is 11.2 Å². The molecule has 1 aromatic heterocycles. The summed E-state index contributed by atoms with van der Waals surface area (Å²) >= 11 is 1.21. The molecule has 0 N–H and O–H groups in total. The van der Waals surface area contributed by atoms with Gasteiger partial charge in [0.2, 0.25) is 0 Å². The predicted octanol–water partition coefficient (Wildman–Crippen LogP) is 4.66. The Morgan fingerprint density at radius 2 is 1.77 bits per heavy atom. The second-order valence-corrected chi connectivity index (χ2v) is 8.03. The van der Waals surface area contributed by atoms with Crippen LogP contribution in [0.2, 0.25) is 0 Å². The van der Waals surface area contributed by atoms with Crippen molar-refractivity contribution in [3.05, 3.63) is 80.8 Å². The summed E-state index contributed by atoms with van der Waals surface area (Å²) in [5, 5.41) is 31.6. The number of para-hydroxylation sites is 1. The quantitative estimate of drug-likeness (QED) is 0.340. The van der Waals surface area contributed by atoms with E-state index in [-0.39, 0.29) is 17.0 Å². The van der Waals surface area contributed by atoms with Crippen molar-refractivity contribution in [1.82, 2.24) is 4.98 Å². The number of nitro benzene ring substituents is 1. The fraction of sp³-hybridized carbons (Fsp3) is 0.182. The topological polar surface area (TPSA) is 121 Å². The lowest BCUT2D eigenvalue weighted by molar-refractivity contribution is -0.385. The molecule has 2 aromatic carbocycles. The van der Waals surface area contributed by atoms with E-state index in [1.807, 2.05) is 42.5 Å². The molecule has 1 saturated carbocycles. The molecule has 8 heteroatoms. The third-order valence-electron chi connectivity index (χ3n) is 5.37. The molecule has 1 aliphatic rings. The Morgan fingerprint density at radius 3 is 2.40 bits per heavy atom. The van der Waals surface area contributed by atoms with Gasteiger partial charge in [-0.1, -0.05) is 48.5 Å². The van der Waals surface area contributed by atoms with Crippen LogP contribution in [0.1, 0.15) is 26.8 Å². The van der Waals surface area contributed by atoms with Gasteiger partial charge in [0.25, 0.3) is 5.69 Å². The molecule has 1 heterocycles. The molecule has 7 nitrogen and oxygen atoms in total. The van der Waals surface area contributed by atoms with E-state index in [0.29, 0.717) is 15.6 Å². The normalized spacial score (nSPS) is 18.8. The number of Topliss-reactive ketones (excluding diaryl/α,β-unsaturated/α-hetero) is 1. The highest BCUT2D eigenvalue weighted by Crippen LogP contribution is 2.66. The lowest BCUT2D eigenvalue weighted by Crippen LogP contribution is -2.08. The molecule has 0 unspecified atom stereocenters. The molecular formula is C22H14N4O3S. The number of nitriles is 2. The number of carbonyl (C=O) groups excluding carboxylic acids is 1. The average molecular weight is 414 g/mol. The molecule has 0 bridgehead atoms. The second-order valence-electron chi connectivity index (χ2n) is 7.03. The van der Waals surface area contributed by atoms with E-state index < -0.39 is 22.2 Å². The molecule has 1 fully saturated rings. The Bertz CT molecular complexity index is 1240. The van der Waals surface area contributed by atoms with Crippen LogP contribution < -0.4 is 0 Å². The number of hydrogen-bond acceptors (Lipinski definition) is 7. The first-order valence-electron chi connectivity index (χ1n) is 9.07. The van der Waals surface area contributed by atoms with Crippen molar-refractivity contribution in [1.29, 1.82) is 10.5 Å². The summed E-state index contributed by atoms with van der Waals surface area (Å²) in [6, 6.07) is 19.2. The number of benzene rings is 2. The van der Waals surface area contributed by atoms with Crippen molar-refractivity contribution in [3.8, 4) is 22.7 Å². The Kier molecular flexibility index (Phi) is 4.65. The van der Waals surface area contributed by atoms with Crippen LogP contribution in [0, 0.1) is 51.0 Å². The maximum atomic E-state index is 13.4. The minimum Gasteiger partial charge on any atom is -0.293 e. The van der Waals surface area contributed by atoms with Gasteiger partial charge in [-0.15, -0.1) is 11.3 Å². The van der Waals surface area contributed by atoms with Gasteiger partial charge in [0.05, 0.1) is 33.6 Å². The third kappa shape index (κ3) is 2.86. The lowest BCUT2D eigenvalue weighted by Gasteiger charge is -2.01. The fourth-order valence-electron chi connectivity index (χ4n) is 3.86. The largest absolute Gasteiger partial charge is 0.293 e. The molecule has 3 aromatic rings. The zero-order valence-electron chi connectivity index (χ0n) is 15.8. The van der Waals surface area contributed by atoms with Gasteiger partial charge >= 0.3 is 0 Å². The second kappa shape index (κ2) is 7.18. The summed E-state index contributed by atoms with van der Waals surface area (Å²) in [5.41, 5.74) is -0.218. The molecule has 0 amide bonds. The highest BCUT2D eigenvalue weighted by Gasteiger charge is 2.72. The van der Waals surface area contributed by atoms with Gasteiger partial charge in [0, 0.05) is 23.1 Å². The molecule has 0 radical (unpaired) electrons. The van der Waals surface area contributed by atoms with Gasteiger partial charge < -0.3 is 0 Å². The van der Waals surface area contributed by atoms with E-state index in [0.717, 1.165) is 5.56 Å². The van der Waals surface area contributed by atoms with Crippen LogP contribution in [0.25, 0.3) is 10.6 Å². The highest BCUT2D eigenvalue weighted by atomic mass is 32.1. The van der Waals surface area contributed by atoms with E-state index in [1.54, 1.807) is 13.0 Å². The minimum atomic E-state index is -1.63. The number of nitro groups is 1. The lowest BCUT2D eigenvalue weighted by atomic mass is 10.0. The van der Waals surface area contributed by atoms with Crippen LogP contribution in [-0.2, 0) is 0 Å². The summed E-state index contributed by atoms with van der Waals surface area (Å²) < 4.78 is 0. The van der Waals surface area contributed by atoms with E-state index in [4.69, 9.17) is 0 Å². The van der Waals surface area contributed by atoms with Gasteiger partial charge in [-0.3, -0.25) is 14.9 Å². The van der Waals surface area contributed by atoms with Crippen LogP contribution in [0.3, 0.4) is 0 Å². The van der Waals surface area contributed by atoms with Crippen LogP contribution in [0.4, 0.5) is 5.69 Å². The summed E-state index contributed by atoms with van der Waals surface area (Å²) in [4.78, 5) is 29.1. The van der Waals surface area contributed by atoms with Crippen LogP contribution >= 0.6 is 11.3 Å². The van der Waals surface area contributed by atoms with Crippen molar-refractivity contribution in [3.63, 3.8) is 0 Å². The molecule has 4 rings (SSSR count). The molecule has 1 aliphatic carbocycles. The number of carbonyl (C=O) groups is 1. The number of nitrogens with zero attached hydrogens (tertiary/aromatic N) is 4. The Labute approximate surface area is 176 Å². The monoisotopic (exact) mass is 414 g/mol. The third-order valence-corrected chi connectivity index (χ3v) is 6.59. The summed E-state index contributed by atoms with van der Waals surface area (Å²) in [6.45, 7) is 1.71. The van der Waals surface area contributed by atoms with Gasteiger partial charge in [-0.25, -0.2) is 4.98 Å². The van der Waals surface area contributed by atoms with E-state index in [9.17, 15) is 25.4 Å². The van der Waals surface area contributed by atoms with Crippen LogP contribution in [0.15, 0.2) is 54.6 Å². The highest BCUT2D eigenvalue weighted by molar-refractivity contribution is 7.17. The molecule has 30 heavy (non-hydrogen) atoms. The average Bonchev–Trinajstić information content (AvgIpc) is 3.30. The number of thiazole rings is 1. The van der Waals surface area contributed by atoms with E-state index >= 15 is 0 Å². The molecule has 146 valence electrons. The molecule has 0 spiro atoms. The van der Waals surface area contributed by atoms with Gasteiger partial charge in [-0.2, -0.15) is 10.5 Å². The van der Waals surface area contributed by atoms with Crippen molar-refractivity contribution in [2.24, 2.45) is 11.3 Å². The number of ketones is 1. The number of aryl methyl sites for hydroxylation is 1. The maximum absolute atomic E-state index is 13.4. The first kappa shape index (κ1) is 19.4. The van der Waals surface area contributed by atoms with Crippen molar-refractivity contribution < 1.29 is 9.72 Å². The first-order chi connectivity index (χ1) is 14.4. The number of aromatic nitrogens is 1. The Hall–Kier alpha value is -3.88. The minimum absolute atomic E-state index is 0.196. The number of hydrogen-bond donors (Lipinski definition) is 0. The van der Waals surface area contributed by atoms with Crippen LogP contribution in [-0.4, -0.2) is 15.7 Å². The van der Waals surface area contributed by atoms with E-state index in [1.165, 1.54) is 29.5 Å². The van der Waals surface area contributed by atoms with Crippen LogP contribution in [0.5, 0.6) is 0 Å². The van der Waals surface area contributed by atoms with Gasteiger partial charge in [0.1, 0.15) is 5.01 Å². The Morgan fingerprint density at radius 1 is 1.13 bits per heavy atom. The molecule has 0 aliphatic heterocycles. The molecule has 2 atom stereocenters. The first-order valence-corrected chi connectivity index (χ1v) is 9.89. The summed E-state index contributed by atoms with van der Waals surface area (Å²) in [6.07, 6.45) is 0. The van der Waals surface area contributed by atoms with Gasteiger partial charge in [-0.05, 0) is 6.92 Å². The van der Waals surface area contributed by atoms with Crippen molar-refractivity contribution >= 4 is 22.8 Å². The zero-order chi connectivity index (χ0) is 21.5. The SMILES string of the molecule is Cc1nc(-c2ccccc2)sc1C(=O)[C@@H]1[C@H](c2ccccc2[N+](=O)[O-])C1(C#N)C#N. The van der Waals surface area contributed by atoms with Crippen molar-refractivity contribution in [2.75, 3.05) is 0 Å². The molecule has 0 saturated heterocycles. The molecular weight excluding hydrogens is 400 g/mol. The van der Waals surface area contributed by atoms with E-state index in [2.05, 4.69) is 4.98 Å². The summed E-state index contributed by atoms with van der Waals surface area (Å²) in [5.74, 6) is -2.21. The summed E-state index contributed by atoms with van der Waals surface area (Å²) in [7, 11) is 0. The number of rotatable bonds is 5. The zero-order valence-corrected chi connectivity index (χ0v) is 16.6. The Balaban J connectivity index is 1.76. The smallest absolute Gasteiger partial charge is 0.272 e. The van der Waals surface area contributed by atoms with Crippen molar-refractivity contribution in [2.45, 2.75) is 12.8 Å². The standard InChI is InChI=1S/C22H14N4O3S/c1-13-20(30-21(25-13)14-7-3-2-4-8-14)19(27)18-17(22(18,11-23)12-24)15-9-5-6-10-16(15)26(28)29/h2-10,17-18H,1H3/t17-,18-/m0/s1. The fourth-order valence-corrected chi connectivity index (χ4v) is 4.91. The maximum Gasteiger partial charge on any atom is 0.272 e.